The predicted molar refractivity (Wildman–Crippen MR) is 119 cm³/mol. The van der Waals surface area contributed by atoms with E-state index in [0.29, 0.717) is 37.2 Å². The molecule has 1 atom stereocenters. The summed E-state index contributed by atoms with van der Waals surface area (Å²) in [5.74, 6) is 0.119. The maximum atomic E-state index is 13.1. The minimum absolute atomic E-state index is 0.123. The van der Waals surface area contributed by atoms with Crippen LogP contribution in [0.1, 0.15) is 22.3 Å². The first kappa shape index (κ1) is 20.6. The van der Waals surface area contributed by atoms with Gasteiger partial charge in [-0.15, -0.1) is 0 Å². The second kappa shape index (κ2) is 8.60. The van der Waals surface area contributed by atoms with Crippen LogP contribution in [0.15, 0.2) is 73.1 Å². The third-order valence-electron chi connectivity index (χ3n) is 6.00. The summed E-state index contributed by atoms with van der Waals surface area (Å²) in [5.41, 5.74) is 8.66. The molecule has 0 bridgehead atoms. The molecule has 2 aromatic carbocycles. The van der Waals surface area contributed by atoms with E-state index in [9.17, 15) is 9.59 Å². The van der Waals surface area contributed by atoms with Crippen molar-refractivity contribution in [2.24, 2.45) is 11.1 Å². The smallest absolute Gasteiger partial charge is 0.254 e. The zero-order valence-electron chi connectivity index (χ0n) is 17.5. The Hall–Kier alpha value is -3.67. The summed E-state index contributed by atoms with van der Waals surface area (Å²) in [5, 5.41) is 0. The zero-order valence-corrected chi connectivity index (χ0v) is 17.5. The van der Waals surface area contributed by atoms with Gasteiger partial charge in [0.05, 0.1) is 12.5 Å². The van der Waals surface area contributed by atoms with Crippen molar-refractivity contribution >= 4 is 11.8 Å². The van der Waals surface area contributed by atoms with Crippen LogP contribution in [-0.4, -0.2) is 41.9 Å². The van der Waals surface area contributed by atoms with Crippen LogP contribution >= 0.6 is 0 Å². The number of rotatable bonds is 6. The number of carbonyl (C=O) groups is 2. The normalized spacial score (nSPS) is 18.0. The molecular weight excluding hydrogens is 390 g/mol. The van der Waals surface area contributed by atoms with Gasteiger partial charge in [-0.2, -0.15) is 0 Å². The highest BCUT2D eigenvalue weighted by molar-refractivity contribution is 5.95. The Morgan fingerprint density at radius 3 is 2.71 bits per heavy atom. The Morgan fingerprint density at radius 1 is 1.13 bits per heavy atom. The number of likely N-dealkylation sites (tertiary alicyclic amines) is 1. The maximum absolute atomic E-state index is 13.1. The molecule has 0 unspecified atom stereocenters. The van der Waals surface area contributed by atoms with Gasteiger partial charge in [0.1, 0.15) is 5.75 Å². The van der Waals surface area contributed by atoms with Gasteiger partial charge in [-0.25, -0.2) is 0 Å². The fourth-order valence-electron chi connectivity index (χ4n) is 4.26. The minimum Gasteiger partial charge on any atom is -0.497 e. The van der Waals surface area contributed by atoms with Crippen LogP contribution in [0.2, 0.25) is 0 Å². The molecule has 0 aliphatic carbocycles. The molecule has 31 heavy (non-hydrogen) atoms. The van der Waals surface area contributed by atoms with Crippen LogP contribution in [-0.2, 0) is 11.2 Å². The first-order chi connectivity index (χ1) is 15.0. The van der Waals surface area contributed by atoms with E-state index < -0.39 is 5.41 Å². The van der Waals surface area contributed by atoms with Crippen molar-refractivity contribution in [1.29, 1.82) is 0 Å². The van der Waals surface area contributed by atoms with Crippen LogP contribution in [0.3, 0.4) is 0 Å². The number of aromatic nitrogens is 1. The molecule has 0 spiro atoms. The minimum atomic E-state index is -0.813. The molecule has 1 saturated heterocycles. The quantitative estimate of drug-likeness (QED) is 0.669. The molecule has 2 heterocycles. The average Bonchev–Trinajstić information content (AvgIpc) is 3.25. The molecule has 158 valence electrons. The highest BCUT2D eigenvalue weighted by Gasteiger charge is 2.45. The fourth-order valence-corrected chi connectivity index (χ4v) is 4.26. The Kier molecular flexibility index (Phi) is 5.71. The van der Waals surface area contributed by atoms with E-state index in [4.69, 9.17) is 10.5 Å². The lowest BCUT2D eigenvalue weighted by Gasteiger charge is -2.27. The molecule has 1 fully saturated rings. The van der Waals surface area contributed by atoms with Gasteiger partial charge in [0.25, 0.3) is 5.91 Å². The molecular formula is C25H25N3O3. The van der Waals surface area contributed by atoms with Crippen molar-refractivity contribution in [2.45, 2.75) is 12.8 Å². The summed E-state index contributed by atoms with van der Waals surface area (Å²) in [7, 11) is 1.57. The van der Waals surface area contributed by atoms with Crippen LogP contribution < -0.4 is 10.5 Å². The molecule has 2 amide bonds. The Morgan fingerprint density at radius 2 is 1.97 bits per heavy atom. The summed E-state index contributed by atoms with van der Waals surface area (Å²) in [4.78, 5) is 31.6. The average molecular weight is 415 g/mol. The number of pyridine rings is 1. The lowest BCUT2D eigenvalue weighted by molar-refractivity contribution is -0.126. The molecule has 0 saturated carbocycles. The predicted octanol–water partition coefficient (Wildman–Crippen LogP) is 3.32. The number of hydrogen-bond donors (Lipinski definition) is 1. The van der Waals surface area contributed by atoms with E-state index in [1.54, 1.807) is 42.5 Å². The van der Waals surface area contributed by atoms with Gasteiger partial charge in [-0.05, 0) is 48.2 Å². The SMILES string of the molecule is COc1cccc(C(=O)N2CC[C@](Cc3ccccc3-c3cccnc3)(C(N)=O)C2)c1. The van der Waals surface area contributed by atoms with E-state index in [1.807, 2.05) is 42.6 Å². The zero-order chi connectivity index (χ0) is 21.8. The van der Waals surface area contributed by atoms with Gasteiger partial charge >= 0.3 is 0 Å². The topological polar surface area (TPSA) is 85.5 Å². The highest BCUT2D eigenvalue weighted by Crippen LogP contribution is 2.37. The molecule has 4 rings (SSSR count). The molecule has 6 nitrogen and oxygen atoms in total. The highest BCUT2D eigenvalue weighted by atomic mass is 16.5. The van der Waals surface area contributed by atoms with Gasteiger partial charge in [-0.3, -0.25) is 14.6 Å². The van der Waals surface area contributed by atoms with Crippen LogP contribution in [0.5, 0.6) is 5.75 Å². The molecule has 1 aromatic heterocycles. The molecule has 0 radical (unpaired) electrons. The van der Waals surface area contributed by atoms with Crippen molar-refractivity contribution in [3.8, 4) is 16.9 Å². The van der Waals surface area contributed by atoms with Gasteiger partial charge in [0.15, 0.2) is 0 Å². The molecule has 2 N–H and O–H groups in total. The van der Waals surface area contributed by atoms with E-state index in [0.717, 1.165) is 16.7 Å². The summed E-state index contributed by atoms with van der Waals surface area (Å²) in [6.07, 6.45) is 4.54. The number of nitrogens with zero attached hydrogens (tertiary/aromatic N) is 2. The van der Waals surface area contributed by atoms with Crippen LogP contribution in [0, 0.1) is 5.41 Å². The molecule has 3 aromatic rings. The van der Waals surface area contributed by atoms with Crippen LogP contribution in [0.4, 0.5) is 0 Å². The summed E-state index contributed by atoms with van der Waals surface area (Å²) >= 11 is 0. The monoisotopic (exact) mass is 415 g/mol. The first-order valence-corrected chi connectivity index (χ1v) is 10.2. The third kappa shape index (κ3) is 4.14. The number of hydrogen-bond acceptors (Lipinski definition) is 4. The summed E-state index contributed by atoms with van der Waals surface area (Å²) in [6, 6.07) is 18.9. The summed E-state index contributed by atoms with van der Waals surface area (Å²) in [6.45, 7) is 0.772. The maximum Gasteiger partial charge on any atom is 0.254 e. The van der Waals surface area contributed by atoms with Crippen LogP contribution in [0.25, 0.3) is 11.1 Å². The third-order valence-corrected chi connectivity index (χ3v) is 6.00. The second-order valence-corrected chi connectivity index (χ2v) is 7.93. The van der Waals surface area contributed by atoms with Gasteiger partial charge < -0.3 is 15.4 Å². The van der Waals surface area contributed by atoms with E-state index in [-0.39, 0.29) is 11.8 Å². The lowest BCUT2D eigenvalue weighted by Crippen LogP contribution is -2.42. The van der Waals surface area contributed by atoms with Crippen molar-refractivity contribution in [2.75, 3.05) is 20.2 Å². The van der Waals surface area contributed by atoms with Gasteiger partial charge in [-0.1, -0.05) is 36.4 Å². The molecule has 6 heteroatoms. The number of nitrogens with two attached hydrogens (primary N) is 1. The number of primary amides is 1. The lowest BCUT2D eigenvalue weighted by atomic mass is 9.78. The molecule has 1 aliphatic heterocycles. The number of carbonyl (C=O) groups excluding carboxylic acids is 2. The van der Waals surface area contributed by atoms with Crippen molar-refractivity contribution in [3.05, 3.63) is 84.2 Å². The number of amides is 2. The largest absolute Gasteiger partial charge is 0.497 e. The van der Waals surface area contributed by atoms with Gasteiger partial charge in [0, 0.05) is 36.6 Å². The van der Waals surface area contributed by atoms with E-state index in [2.05, 4.69) is 4.98 Å². The summed E-state index contributed by atoms with van der Waals surface area (Å²) < 4.78 is 5.23. The van der Waals surface area contributed by atoms with Crippen molar-refractivity contribution in [1.82, 2.24) is 9.88 Å². The number of benzene rings is 2. The Balaban J connectivity index is 1.61. The van der Waals surface area contributed by atoms with E-state index in [1.165, 1.54) is 0 Å². The second-order valence-electron chi connectivity index (χ2n) is 7.93. The van der Waals surface area contributed by atoms with Crippen molar-refractivity contribution in [3.63, 3.8) is 0 Å². The number of ether oxygens (including phenoxy) is 1. The van der Waals surface area contributed by atoms with E-state index >= 15 is 0 Å². The Bertz CT molecular complexity index is 1100. The fraction of sp³-hybridized carbons (Fsp3) is 0.240. The number of methoxy groups -OCH3 is 1. The van der Waals surface area contributed by atoms with Gasteiger partial charge in [0.2, 0.25) is 5.91 Å². The van der Waals surface area contributed by atoms with Crippen molar-refractivity contribution < 1.29 is 14.3 Å². The Labute approximate surface area is 181 Å². The molecule has 1 aliphatic rings. The standard InChI is InChI=1S/C25H25N3O3/c1-31-21-9-4-7-18(14-21)23(29)28-13-11-25(17-28,24(26)30)15-19-6-2-3-10-22(19)20-8-5-12-27-16-20/h2-10,12,14,16H,11,13,15,17H2,1H3,(H2,26,30)/t25-/m1/s1. The first-order valence-electron chi connectivity index (χ1n) is 10.2.